The normalized spacial score (nSPS) is 15.4. The summed E-state index contributed by atoms with van der Waals surface area (Å²) < 4.78 is 43.5. The number of carbonyl (C=O) groups is 1. The molecule has 0 saturated carbocycles. The molecule has 216 valence electrons. The summed E-state index contributed by atoms with van der Waals surface area (Å²) in [7, 11) is 1.53. The van der Waals surface area contributed by atoms with E-state index in [9.17, 15) is 27.9 Å². The van der Waals surface area contributed by atoms with Gasteiger partial charge in [-0.3, -0.25) is 18.8 Å². The quantitative estimate of drug-likeness (QED) is 0.353. The molecule has 0 radical (unpaired) electrons. The molecule has 0 spiro atoms. The number of carbonyl (C=O) groups excluding carboxylic acids is 1. The number of aryl methyl sites for hydroxylation is 2. The van der Waals surface area contributed by atoms with Crippen molar-refractivity contribution in [3.8, 4) is 11.3 Å². The number of halogens is 3. The number of hydrogen-bond acceptors (Lipinski definition) is 6. The lowest BCUT2D eigenvalue weighted by Gasteiger charge is -2.38. The monoisotopic (exact) mass is 568 g/mol. The van der Waals surface area contributed by atoms with Crippen LogP contribution >= 0.6 is 0 Å². The molecule has 0 unspecified atom stereocenters. The molecule has 1 aliphatic rings. The number of aliphatic hydroxyl groups is 1. The summed E-state index contributed by atoms with van der Waals surface area (Å²) in [6.07, 6.45) is -1.72. The fourth-order valence-electron chi connectivity index (χ4n) is 5.40. The molecule has 0 bridgehead atoms. The Morgan fingerprint density at radius 2 is 1.80 bits per heavy atom. The van der Waals surface area contributed by atoms with E-state index in [1.165, 1.54) is 34.8 Å². The largest absolute Gasteiger partial charge is 0.416 e. The molecule has 0 atom stereocenters. The number of aromatic nitrogens is 4. The number of likely N-dealkylation sites (tertiary alicyclic amines) is 1. The second kappa shape index (κ2) is 11.1. The van der Waals surface area contributed by atoms with Crippen LogP contribution in [0.2, 0.25) is 0 Å². The Morgan fingerprint density at radius 1 is 1.10 bits per heavy atom. The van der Waals surface area contributed by atoms with Gasteiger partial charge in [-0.05, 0) is 36.5 Å². The van der Waals surface area contributed by atoms with E-state index in [-0.39, 0.29) is 59.7 Å². The van der Waals surface area contributed by atoms with E-state index < -0.39 is 22.9 Å². The highest BCUT2D eigenvalue weighted by molar-refractivity contribution is 5.89. The van der Waals surface area contributed by atoms with E-state index in [0.29, 0.717) is 25.9 Å². The van der Waals surface area contributed by atoms with Crippen molar-refractivity contribution in [2.45, 2.75) is 50.6 Å². The van der Waals surface area contributed by atoms with Gasteiger partial charge in [0.1, 0.15) is 5.52 Å². The van der Waals surface area contributed by atoms with Crippen LogP contribution in [-0.2, 0) is 37.5 Å². The molecule has 4 aromatic rings. The SMILES string of the molecule is Cn1nc2c(=O)n(CC3(O)CCN(C(=O)CCc4ccccc4)CC3)cnc2c1-c1ccc(CN)c(C(F)(F)F)c1. The van der Waals surface area contributed by atoms with Crippen LogP contribution in [0.1, 0.15) is 36.0 Å². The van der Waals surface area contributed by atoms with Crippen molar-refractivity contribution in [2.24, 2.45) is 12.8 Å². The van der Waals surface area contributed by atoms with Crippen molar-refractivity contribution in [1.29, 1.82) is 0 Å². The lowest BCUT2D eigenvalue weighted by Crippen LogP contribution is -2.49. The highest BCUT2D eigenvalue weighted by Crippen LogP contribution is 2.36. The smallest absolute Gasteiger partial charge is 0.388 e. The van der Waals surface area contributed by atoms with Gasteiger partial charge in [-0.1, -0.05) is 42.5 Å². The first-order valence-corrected chi connectivity index (χ1v) is 13.4. The number of rotatable bonds is 7. The zero-order chi connectivity index (χ0) is 29.4. The Hall–Kier alpha value is -4.03. The summed E-state index contributed by atoms with van der Waals surface area (Å²) in [5.41, 5.74) is 4.56. The molecule has 41 heavy (non-hydrogen) atoms. The molecule has 2 aromatic carbocycles. The van der Waals surface area contributed by atoms with Gasteiger partial charge >= 0.3 is 6.18 Å². The molecular formula is C29H31F3N6O3. The van der Waals surface area contributed by atoms with E-state index in [1.54, 1.807) is 4.90 Å². The molecule has 0 aliphatic carbocycles. The molecule has 12 heteroatoms. The number of nitrogens with zero attached hydrogens (tertiary/aromatic N) is 5. The number of hydrogen-bond donors (Lipinski definition) is 2. The van der Waals surface area contributed by atoms with Crippen LogP contribution in [0.3, 0.4) is 0 Å². The first-order chi connectivity index (χ1) is 19.5. The third kappa shape index (κ3) is 5.89. The van der Waals surface area contributed by atoms with Crippen LogP contribution in [-0.4, -0.2) is 53.9 Å². The average Bonchev–Trinajstić information content (AvgIpc) is 3.30. The van der Waals surface area contributed by atoms with E-state index in [2.05, 4.69) is 10.1 Å². The second-order valence-corrected chi connectivity index (χ2v) is 10.5. The molecule has 1 fully saturated rings. The van der Waals surface area contributed by atoms with E-state index in [4.69, 9.17) is 5.73 Å². The Morgan fingerprint density at radius 3 is 2.46 bits per heavy atom. The second-order valence-electron chi connectivity index (χ2n) is 10.5. The molecule has 5 rings (SSSR count). The first-order valence-electron chi connectivity index (χ1n) is 13.4. The lowest BCUT2D eigenvalue weighted by molar-refractivity contribution is -0.138. The van der Waals surface area contributed by atoms with Crippen molar-refractivity contribution in [1.82, 2.24) is 24.2 Å². The number of benzene rings is 2. The van der Waals surface area contributed by atoms with Crippen LogP contribution < -0.4 is 11.3 Å². The van der Waals surface area contributed by atoms with E-state index >= 15 is 0 Å². The summed E-state index contributed by atoms with van der Waals surface area (Å²) in [6.45, 7) is 0.411. The van der Waals surface area contributed by atoms with Gasteiger partial charge in [-0.15, -0.1) is 0 Å². The summed E-state index contributed by atoms with van der Waals surface area (Å²) in [5, 5.41) is 15.5. The third-order valence-electron chi connectivity index (χ3n) is 7.70. The van der Waals surface area contributed by atoms with Crippen molar-refractivity contribution in [2.75, 3.05) is 13.1 Å². The zero-order valence-electron chi connectivity index (χ0n) is 22.6. The Balaban J connectivity index is 1.32. The Labute approximate surface area is 234 Å². The Kier molecular flexibility index (Phi) is 7.71. The van der Waals surface area contributed by atoms with Crippen molar-refractivity contribution in [3.63, 3.8) is 0 Å². The fourth-order valence-corrected chi connectivity index (χ4v) is 5.40. The summed E-state index contributed by atoms with van der Waals surface area (Å²) in [5.74, 6) is 0.0188. The minimum absolute atomic E-state index is 0.0152. The standard InChI is InChI=1S/C29H31F3N6O3/c1-36-26(20-8-9-21(16-33)22(15-20)29(30,31)32)24-25(35-36)27(40)38(18-34-24)17-28(41)11-13-37(14-12-28)23(39)10-7-19-5-3-2-4-6-19/h2-6,8-9,15,18,41H,7,10-14,16-17,33H2,1H3. The Bertz CT molecular complexity index is 1620. The summed E-state index contributed by atoms with van der Waals surface area (Å²) in [6, 6.07) is 13.6. The van der Waals surface area contributed by atoms with Gasteiger partial charge in [0.15, 0.2) is 5.52 Å². The molecule has 1 aliphatic heterocycles. The summed E-state index contributed by atoms with van der Waals surface area (Å²) >= 11 is 0. The maximum Gasteiger partial charge on any atom is 0.416 e. The van der Waals surface area contributed by atoms with Gasteiger partial charge in [-0.2, -0.15) is 18.3 Å². The van der Waals surface area contributed by atoms with Crippen molar-refractivity contribution in [3.05, 3.63) is 81.9 Å². The number of amides is 1. The van der Waals surface area contributed by atoms with Crippen molar-refractivity contribution >= 4 is 16.9 Å². The van der Waals surface area contributed by atoms with Crippen LogP contribution in [0.5, 0.6) is 0 Å². The number of fused-ring (bicyclic) bond motifs is 1. The van der Waals surface area contributed by atoms with Gasteiger partial charge in [0.2, 0.25) is 5.91 Å². The molecule has 9 nitrogen and oxygen atoms in total. The average molecular weight is 569 g/mol. The predicted molar refractivity (Wildman–Crippen MR) is 147 cm³/mol. The maximum absolute atomic E-state index is 13.6. The number of alkyl halides is 3. The maximum atomic E-state index is 13.6. The van der Waals surface area contributed by atoms with Gasteiger partial charge in [0, 0.05) is 38.7 Å². The van der Waals surface area contributed by atoms with Crippen LogP contribution in [0.15, 0.2) is 59.7 Å². The third-order valence-corrected chi connectivity index (χ3v) is 7.70. The molecule has 1 saturated heterocycles. The molecular weight excluding hydrogens is 537 g/mol. The highest BCUT2D eigenvalue weighted by atomic mass is 19.4. The molecule has 3 heterocycles. The highest BCUT2D eigenvalue weighted by Gasteiger charge is 2.36. The van der Waals surface area contributed by atoms with Gasteiger partial charge in [0.05, 0.1) is 29.7 Å². The fraction of sp³-hybridized carbons (Fsp3) is 0.379. The summed E-state index contributed by atoms with van der Waals surface area (Å²) in [4.78, 5) is 32.1. The molecule has 1 amide bonds. The van der Waals surface area contributed by atoms with E-state index in [1.807, 2.05) is 30.3 Å². The molecule has 2 aromatic heterocycles. The predicted octanol–water partition coefficient (Wildman–Crippen LogP) is 3.26. The van der Waals surface area contributed by atoms with Gasteiger partial charge in [0.25, 0.3) is 5.56 Å². The molecule has 3 N–H and O–H groups in total. The van der Waals surface area contributed by atoms with Gasteiger partial charge in [-0.25, -0.2) is 4.98 Å². The van der Waals surface area contributed by atoms with Crippen LogP contribution in [0, 0.1) is 0 Å². The van der Waals surface area contributed by atoms with Gasteiger partial charge < -0.3 is 15.7 Å². The van der Waals surface area contributed by atoms with Crippen LogP contribution in [0.4, 0.5) is 13.2 Å². The number of piperidine rings is 1. The van der Waals surface area contributed by atoms with Crippen LogP contribution in [0.25, 0.3) is 22.3 Å². The topological polar surface area (TPSA) is 119 Å². The van der Waals surface area contributed by atoms with Crippen molar-refractivity contribution < 1.29 is 23.1 Å². The zero-order valence-corrected chi connectivity index (χ0v) is 22.6. The minimum atomic E-state index is -4.60. The number of nitrogens with two attached hydrogens (primary N) is 1. The lowest BCUT2D eigenvalue weighted by atomic mass is 9.91. The first kappa shape index (κ1) is 28.5. The minimum Gasteiger partial charge on any atom is -0.388 e. The van der Waals surface area contributed by atoms with E-state index in [0.717, 1.165) is 11.6 Å².